The van der Waals surface area contributed by atoms with Crippen molar-refractivity contribution >= 4 is 40.5 Å². The predicted molar refractivity (Wildman–Crippen MR) is 109 cm³/mol. The Hall–Kier alpha value is -2.35. The molecular formula is C20H18INO4. The van der Waals surface area contributed by atoms with Gasteiger partial charge in [0.2, 0.25) is 5.90 Å². The zero-order valence-electron chi connectivity index (χ0n) is 14.5. The van der Waals surface area contributed by atoms with Gasteiger partial charge in [-0.25, -0.2) is 9.79 Å². The van der Waals surface area contributed by atoms with Gasteiger partial charge in [-0.2, -0.15) is 0 Å². The number of hydrogen-bond acceptors (Lipinski definition) is 5. The first kappa shape index (κ1) is 18.4. The molecule has 26 heavy (non-hydrogen) atoms. The quantitative estimate of drug-likeness (QED) is 0.361. The van der Waals surface area contributed by atoms with Gasteiger partial charge in [0.05, 0.1) is 13.7 Å². The third-order valence-corrected chi connectivity index (χ3v) is 4.32. The largest absolute Gasteiger partial charge is 0.493 e. The molecule has 6 heteroatoms. The lowest BCUT2D eigenvalue weighted by Crippen LogP contribution is -2.05. The monoisotopic (exact) mass is 463 g/mol. The number of benzene rings is 2. The molecule has 0 saturated carbocycles. The summed E-state index contributed by atoms with van der Waals surface area (Å²) in [6.07, 6.45) is 2.59. The molecule has 1 heterocycles. The molecule has 0 radical (unpaired) electrons. The highest BCUT2D eigenvalue weighted by atomic mass is 127. The molecule has 0 amide bonds. The number of rotatable bonds is 6. The van der Waals surface area contributed by atoms with Crippen LogP contribution in [0.5, 0.6) is 11.5 Å². The molecular weight excluding hydrogens is 445 g/mol. The fourth-order valence-corrected chi connectivity index (χ4v) is 2.96. The number of cyclic esters (lactones) is 1. The van der Waals surface area contributed by atoms with Crippen LogP contribution in [0.15, 0.2) is 53.2 Å². The minimum atomic E-state index is -0.468. The van der Waals surface area contributed by atoms with E-state index in [0.29, 0.717) is 24.0 Å². The first-order valence-corrected chi connectivity index (χ1v) is 9.28. The summed E-state index contributed by atoms with van der Waals surface area (Å²) >= 11 is 2.21. The smallest absolute Gasteiger partial charge is 0.363 e. The summed E-state index contributed by atoms with van der Waals surface area (Å²) in [6.45, 7) is 2.66. The fourth-order valence-electron chi connectivity index (χ4n) is 2.42. The predicted octanol–water partition coefficient (Wildman–Crippen LogP) is 4.43. The molecule has 134 valence electrons. The van der Waals surface area contributed by atoms with E-state index in [-0.39, 0.29) is 5.70 Å². The van der Waals surface area contributed by atoms with Crippen LogP contribution in [0.3, 0.4) is 0 Å². The van der Waals surface area contributed by atoms with Crippen molar-refractivity contribution in [2.75, 3.05) is 13.7 Å². The molecule has 0 spiro atoms. The lowest BCUT2D eigenvalue weighted by Gasteiger charge is -2.10. The summed E-state index contributed by atoms with van der Waals surface area (Å²) in [5.41, 5.74) is 1.81. The Bertz CT molecular complexity index is 889. The van der Waals surface area contributed by atoms with Gasteiger partial charge in [0.25, 0.3) is 0 Å². The second-order valence-electron chi connectivity index (χ2n) is 5.61. The lowest BCUT2D eigenvalue weighted by molar-refractivity contribution is -0.129. The number of methoxy groups -OCH3 is 1. The molecule has 5 nitrogen and oxygen atoms in total. The van der Waals surface area contributed by atoms with E-state index in [2.05, 4.69) is 27.6 Å². The van der Waals surface area contributed by atoms with E-state index < -0.39 is 5.97 Å². The van der Waals surface area contributed by atoms with Gasteiger partial charge in [0.1, 0.15) is 0 Å². The number of aliphatic imine (C=N–C) groups is 1. The summed E-state index contributed by atoms with van der Waals surface area (Å²) in [7, 11) is 1.59. The fraction of sp³-hybridized carbons (Fsp3) is 0.200. The molecule has 1 aliphatic rings. The van der Waals surface area contributed by atoms with Crippen molar-refractivity contribution in [3.63, 3.8) is 0 Å². The summed E-state index contributed by atoms with van der Waals surface area (Å²) in [5, 5.41) is 0. The number of ether oxygens (including phenoxy) is 3. The second kappa shape index (κ2) is 8.35. The van der Waals surface area contributed by atoms with Crippen molar-refractivity contribution in [2.45, 2.75) is 13.3 Å². The summed E-state index contributed by atoms with van der Waals surface area (Å²) in [5.74, 6) is 1.13. The van der Waals surface area contributed by atoms with Gasteiger partial charge in [-0.15, -0.1) is 0 Å². The topological polar surface area (TPSA) is 57.1 Å². The number of nitrogens with zero attached hydrogens (tertiary/aromatic N) is 1. The zero-order chi connectivity index (χ0) is 18.5. The molecule has 1 aliphatic heterocycles. The minimum Gasteiger partial charge on any atom is -0.493 e. The summed E-state index contributed by atoms with van der Waals surface area (Å²) in [6, 6.07) is 13.1. The Morgan fingerprint density at radius 1 is 1.19 bits per heavy atom. The van der Waals surface area contributed by atoms with Gasteiger partial charge in [-0.05, 0) is 71.0 Å². The van der Waals surface area contributed by atoms with Crippen molar-refractivity contribution < 1.29 is 19.0 Å². The van der Waals surface area contributed by atoms with Crippen LogP contribution in [0.1, 0.15) is 24.5 Å². The number of carbonyl (C=O) groups excluding carboxylic acids is 1. The van der Waals surface area contributed by atoms with Crippen molar-refractivity contribution in [1.29, 1.82) is 0 Å². The van der Waals surface area contributed by atoms with Crippen LogP contribution >= 0.6 is 22.6 Å². The lowest BCUT2D eigenvalue weighted by atomic mass is 10.1. The van der Waals surface area contributed by atoms with Gasteiger partial charge < -0.3 is 14.2 Å². The standard InChI is InChI=1S/C20H18INO4/c1-3-9-25-17-8-7-13(11-18(17)24-2)10-16-20(23)26-19(22-16)14-5-4-6-15(21)12-14/h4-8,10-12H,3,9H2,1-2H3. The molecule has 0 atom stereocenters. The number of esters is 1. The minimum absolute atomic E-state index is 0.253. The van der Waals surface area contributed by atoms with E-state index >= 15 is 0 Å². The molecule has 0 aromatic heterocycles. The molecule has 0 aliphatic carbocycles. The molecule has 2 aromatic carbocycles. The molecule has 0 bridgehead atoms. The van der Waals surface area contributed by atoms with Crippen LogP contribution in [0, 0.1) is 3.57 Å². The van der Waals surface area contributed by atoms with E-state index in [9.17, 15) is 4.79 Å². The van der Waals surface area contributed by atoms with Crippen LogP contribution in [0.25, 0.3) is 6.08 Å². The number of halogens is 1. The summed E-state index contributed by atoms with van der Waals surface area (Å²) < 4.78 is 17.4. The van der Waals surface area contributed by atoms with Crippen molar-refractivity contribution in [3.8, 4) is 11.5 Å². The summed E-state index contributed by atoms with van der Waals surface area (Å²) in [4.78, 5) is 16.5. The number of carbonyl (C=O) groups is 1. The van der Waals surface area contributed by atoms with E-state index in [1.807, 2.05) is 49.4 Å². The normalized spacial score (nSPS) is 15.0. The molecule has 2 aromatic rings. The molecule has 0 saturated heterocycles. The van der Waals surface area contributed by atoms with Gasteiger partial charge in [0, 0.05) is 9.13 Å². The van der Waals surface area contributed by atoms with Crippen molar-refractivity contribution in [3.05, 3.63) is 62.9 Å². The maximum absolute atomic E-state index is 12.1. The van der Waals surface area contributed by atoms with Crippen molar-refractivity contribution in [2.24, 2.45) is 4.99 Å². The highest BCUT2D eigenvalue weighted by molar-refractivity contribution is 14.1. The van der Waals surface area contributed by atoms with Crippen LogP contribution in [-0.2, 0) is 9.53 Å². The molecule has 0 unspecified atom stereocenters. The highest BCUT2D eigenvalue weighted by Gasteiger charge is 2.24. The Morgan fingerprint density at radius 3 is 2.77 bits per heavy atom. The molecule has 0 N–H and O–H groups in total. The molecule has 0 fully saturated rings. The van der Waals surface area contributed by atoms with Crippen LogP contribution in [0.4, 0.5) is 0 Å². The average Bonchev–Trinajstić information content (AvgIpc) is 3.01. The van der Waals surface area contributed by atoms with E-state index in [4.69, 9.17) is 14.2 Å². The third-order valence-electron chi connectivity index (χ3n) is 3.64. The zero-order valence-corrected chi connectivity index (χ0v) is 16.6. The Kier molecular flexibility index (Phi) is 5.92. The van der Waals surface area contributed by atoms with Gasteiger partial charge in [-0.3, -0.25) is 0 Å². The first-order chi connectivity index (χ1) is 12.6. The van der Waals surface area contributed by atoms with Crippen LogP contribution in [0.2, 0.25) is 0 Å². The van der Waals surface area contributed by atoms with E-state index in [0.717, 1.165) is 21.1 Å². The average molecular weight is 463 g/mol. The van der Waals surface area contributed by atoms with Crippen LogP contribution in [-0.4, -0.2) is 25.6 Å². The Balaban J connectivity index is 1.88. The van der Waals surface area contributed by atoms with E-state index in [1.54, 1.807) is 13.2 Å². The Labute approximate surface area is 165 Å². The van der Waals surface area contributed by atoms with Gasteiger partial charge in [-0.1, -0.05) is 19.1 Å². The van der Waals surface area contributed by atoms with E-state index in [1.165, 1.54) is 0 Å². The maximum atomic E-state index is 12.1. The van der Waals surface area contributed by atoms with Crippen molar-refractivity contribution in [1.82, 2.24) is 0 Å². The van der Waals surface area contributed by atoms with Gasteiger partial charge in [0.15, 0.2) is 17.2 Å². The first-order valence-electron chi connectivity index (χ1n) is 8.20. The van der Waals surface area contributed by atoms with Crippen LogP contribution < -0.4 is 9.47 Å². The Morgan fingerprint density at radius 2 is 2.04 bits per heavy atom. The highest BCUT2D eigenvalue weighted by Crippen LogP contribution is 2.30. The third kappa shape index (κ3) is 4.24. The number of hydrogen-bond donors (Lipinski definition) is 0. The SMILES string of the molecule is CCCOc1ccc(C=C2N=C(c3cccc(I)c3)OC2=O)cc1OC. The van der Waals surface area contributed by atoms with Gasteiger partial charge >= 0.3 is 5.97 Å². The maximum Gasteiger partial charge on any atom is 0.363 e. The molecule has 3 rings (SSSR count). The second-order valence-corrected chi connectivity index (χ2v) is 6.85.